The van der Waals surface area contributed by atoms with Gasteiger partial charge in [0.2, 0.25) is 0 Å². The van der Waals surface area contributed by atoms with Crippen molar-refractivity contribution in [3.63, 3.8) is 0 Å². The smallest absolute Gasteiger partial charge is 0.411 e. The molecule has 2 bridgehead atoms. The summed E-state index contributed by atoms with van der Waals surface area (Å²) >= 11 is 0. The quantitative estimate of drug-likeness (QED) is 0.881. The van der Waals surface area contributed by atoms with Crippen LogP contribution in [0, 0.1) is 5.82 Å². The number of rotatable bonds is 4. The van der Waals surface area contributed by atoms with Crippen LogP contribution in [-0.2, 0) is 9.47 Å². The third kappa shape index (κ3) is 3.09. The van der Waals surface area contributed by atoms with Crippen molar-refractivity contribution in [2.45, 2.75) is 69.2 Å². The molecule has 0 radical (unpaired) electrons. The van der Waals surface area contributed by atoms with Crippen molar-refractivity contribution in [3.05, 3.63) is 35.6 Å². The molecule has 144 valence electrons. The van der Waals surface area contributed by atoms with Crippen molar-refractivity contribution < 1.29 is 23.8 Å². The first-order valence-electron chi connectivity index (χ1n) is 9.09. The molecule has 26 heavy (non-hydrogen) atoms. The molecule has 1 amide bonds. The summed E-state index contributed by atoms with van der Waals surface area (Å²) in [5.41, 5.74) is -1.44. The molecule has 2 aliphatic rings. The van der Waals surface area contributed by atoms with Gasteiger partial charge in [-0.25, -0.2) is 9.18 Å². The number of methoxy groups -OCH3 is 1. The van der Waals surface area contributed by atoms with E-state index in [1.807, 2.05) is 20.8 Å². The Balaban J connectivity index is 2.00. The number of hydrogen-bond donors (Lipinski definition) is 1. The Morgan fingerprint density at radius 3 is 2.50 bits per heavy atom. The molecule has 5 nitrogen and oxygen atoms in total. The van der Waals surface area contributed by atoms with Crippen LogP contribution in [0.25, 0.3) is 0 Å². The van der Waals surface area contributed by atoms with Crippen LogP contribution in [0.15, 0.2) is 24.3 Å². The minimum Gasteiger partial charge on any atom is -0.444 e. The second-order valence-corrected chi connectivity index (χ2v) is 8.53. The SMILES string of the molecule is COCC12CCC(C(O)c3cccc(F)c3)(CC1)N2C(=O)OC(C)(C)C. The third-order valence-electron chi connectivity index (χ3n) is 5.63. The van der Waals surface area contributed by atoms with Crippen molar-refractivity contribution in [3.8, 4) is 0 Å². The molecule has 0 aliphatic carbocycles. The van der Waals surface area contributed by atoms with Crippen LogP contribution < -0.4 is 0 Å². The van der Waals surface area contributed by atoms with Gasteiger partial charge in [-0.05, 0) is 64.2 Å². The summed E-state index contributed by atoms with van der Waals surface area (Å²) in [4.78, 5) is 14.8. The van der Waals surface area contributed by atoms with Gasteiger partial charge < -0.3 is 14.6 Å². The van der Waals surface area contributed by atoms with Gasteiger partial charge in [0.25, 0.3) is 0 Å². The van der Waals surface area contributed by atoms with Crippen LogP contribution in [-0.4, -0.2) is 46.5 Å². The average molecular weight is 365 g/mol. The van der Waals surface area contributed by atoms with Crippen LogP contribution in [0.5, 0.6) is 0 Å². The van der Waals surface area contributed by atoms with Gasteiger partial charge in [0.1, 0.15) is 17.5 Å². The van der Waals surface area contributed by atoms with Gasteiger partial charge >= 0.3 is 6.09 Å². The molecule has 2 heterocycles. The predicted octanol–water partition coefficient (Wildman–Crippen LogP) is 3.81. The molecule has 3 rings (SSSR count). The largest absolute Gasteiger partial charge is 0.444 e. The molecule has 1 aromatic rings. The fraction of sp³-hybridized carbons (Fsp3) is 0.650. The van der Waals surface area contributed by atoms with Crippen LogP contribution in [0.4, 0.5) is 9.18 Å². The number of nitrogens with zero attached hydrogens (tertiary/aromatic N) is 1. The van der Waals surface area contributed by atoms with E-state index >= 15 is 0 Å². The van der Waals surface area contributed by atoms with Crippen molar-refractivity contribution >= 4 is 6.09 Å². The van der Waals surface area contributed by atoms with Crippen molar-refractivity contribution in [1.82, 2.24) is 4.90 Å². The Bertz CT molecular complexity index is 677. The van der Waals surface area contributed by atoms with Crippen molar-refractivity contribution in [1.29, 1.82) is 0 Å². The average Bonchev–Trinajstić information content (AvgIpc) is 3.04. The second kappa shape index (κ2) is 6.50. The first-order valence-corrected chi connectivity index (χ1v) is 9.09. The Labute approximate surface area is 154 Å². The molecular weight excluding hydrogens is 337 g/mol. The van der Waals surface area contributed by atoms with E-state index in [1.165, 1.54) is 12.1 Å². The summed E-state index contributed by atoms with van der Waals surface area (Å²) in [6, 6.07) is 5.96. The topological polar surface area (TPSA) is 59.0 Å². The lowest BCUT2D eigenvalue weighted by molar-refractivity contribution is -0.0488. The zero-order valence-electron chi connectivity index (χ0n) is 15.9. The summed E-state index contributed by atoms with van der Waals surface area (Å²) in [5.74, 6) is -0.402. The molecule has 2 fully saturated rings. The standard InChI is InChI=1S/C20H28FNO4/c1-18(2,3)26-17(24)22-19(13-25-4)8-10-20(22,11-9-19)16(23)14-6-5-7-15(21)12-14/h5-7,12,16,23H,8-11,13H2,1-4H3. The molecule has 2 aliphatic heterocycles. The summed E-state index contributed by atoms with van der Waals surface area (Å²) in [6.45, 7) is 5.86. The predicted molar refractivity (Wildman–Crippen MR) is 95.2 cm³/mol. The second-order valence-electron chi connectivity index (χ2n) is 8.53. The Kier molecular flexibility index (Phi) is 4.78. The maximum atomic E-state index is 13.7. The monoisotopic (exact) mass is 365 g/mol. The molecule has 0 aromatic heterocycles. The van der Waals surface area contributed by atoms with Gasteiger partial charge in [-0.1, -0.05) is 12.1 Å². The zero-order valence-corrected chi connectivity index (χ0v) is 15.9. The van der Waals surface area contributed by atoms with Crippen LogP contribution in [0.3, 0.4) is 0 Å². The van der Waals surface area contributed by atoms with Crippen molar-refractivity contribution in [2.75, 3.05) is 13.7 Å². The highest BCUT2D eigenvalue weighted by Crippen LogP contribution is 2.58. The van der Waals surface area contributed by atoms with Crippen molar-refractivity contribution in [2.24, 2.45) is 0 Å². The van der Waals surface area contributed by atoms with Gasteiger partial charge in [-0.2, -0.15) is 0 Å². The molecule has 1 unspecified atom stereocenters. The number of fused-ring (bicyclic) bond motifs is 2. The number of amides is 1. The summed E-state index contributed by atoms with van der Waals surface area (Å²) in [7, 11) is 1.61. The summed E-state index contributed by atoms with van der Waals surface area (Å²) < 4.78 is 24.8. The number of ether oxygens (including phenoxy) is 2. The molecule has 1 atom stereocenters. The van der Waals surface area contributed by atoms with E-state index in [2.05, 4.69) is 0 Å². The molecule has 1 N–H and O–H groups in total. The zero-order chi connectivity index (χ0) is 19.2. The molecule has 0 spiro atoms. The normalized spacial score (nSPS) is 29.1. The lowest BCUT2D eigenvalue weighted by Crippen LogP contribution is -2.56. The molecule has 6 heteroatoms. The van der Waals surface area contributed by atoms with E-state index < -0.39 is 34.7 Å². The first kappa shape index (κ1) is 19.1. The molecule has 1 aromatic carbocycles. The lowest BCUT2D eigenvalue weighted by Gasteiger charge is -2.42. The molecule has 0 saturated carbocycles. The highest BCUT2D eigenvalue weighted by molar-refractivity contribution is 5.72. The van der Waals surface area contributed by atoms with E-state index in [4.69, 9.17) is 9.47 Å². The summed E-state index contributed by atoms with van der Waals surface area (Å²) in [6.07, 6.45) is 1.30. The number of carbonyl (C=O) groups is 1. The van der Waals surface area contributed by atoms with Gasteiger partial charge in [-0.15, -0.1) is 0 Å². The molecule has 2 saturated heterocycles. The fourth-order valence-electron chi connectivity index (χ4n) is 4.61. The van der Waals surface area contributed by atoms with Crippen LogP contribution in [0.1, 0.15) is 58.1 Å². The fourth-order valence-corrected chi connectivity index (χ4v) is 4.61. The number of aliphatic hydroxyl groups excluding tert-OH is 1. The van der Waals surface area contributed by atoms with E-state index in [1.54, 1.807) is 24.1 Å². The summed E-state index contributed by atoms with van der Waals surface area (Å²) in [5, 5.41) is 11.2. The number of aliphatic hydroxyl groups is 1. The highest BCUT2D eigenvalue weighted by atomic mass is 19.1. The Morgan fingerprint density at radius 2 is 1.96 bits per heavy atom. The minimum absolute atomic E-state index is 0.393. The Morgan fingerprint density at radius 1 is 1.31 bits per heavy atom. The third-order valence-corrected chi connectivity index (χ3v) is 5.63. The maximum absolute atomic E-state index is 13.7. The van der Waals surface area contributed by atoms with Crippen LogP contribution >= 0.6 is 0 Å². The van der Waals surface area contributed by atoms with Gasteiger partial charge in [0.05, 0.1) is 17.7 Å². The highest BCUT2D eigenvalue weighted by Gasteiger charge is 2.66. The van der Waals surface area contributed by atoms with Crippen LogP contribution in [0.2, 0.25) is 0 Å². The van der Waals surface area contributed by atoms with E-state index in [0.29, 0.717) is 25.0 Å². The minimum atomic E-state index is -0.980. The number of hydrogen-bond acceptors (Lipinski definition) is 4. The first-order chi connectivity index (χ1) is 12.1. The lowest BCUT2D eigenvalue weighted by atomic mass is 9.77. The van der Waals surface area contributed by atoms with Gasteiger partial charge in [0, 0.05) is 7.11 Å². The number of benzene rings is 1. The Hall–Kier alpha value is -1.66. The van der Waals surface area contributed by atoms with E-state index in [9.17, 15) is 14.3 Å². The maximum Gasteiger partial charge on any atom is 0.411 e. The number of halogens is 1. The van der Waals surface area contributed by atoms with Gasteiger partial charge in [-0.3, -0.25) is 4.90 Å². The van der Waals surface area contributed by atoms with E-state index in [-0.39, 0.29) is 0 Å². The molecular formula is C20H28FNO4. The van der Waals surface area contributed by atoms with Gasteiger partial charge in [0.15, 0.2) is 0 Å². The number of carbonyl (C=O) groups excluding carboxylic acids is 1. The van der Waals surface area contributed by atoms with E-state index in [0.717, 1.165) is 12.8 Å².